The van der Waals surface area contributed by atoms with E-state index in [-0.39, 0.29) is 5.78 Å². The van der Waals surface area contributed by atoms with Crippen LogP contribution in [0.1, 0.15) is 27.7 Å². The van der Waals surface area contributed by atoms with Crippen LogP contribution in [-0.2, 0) is 0 Å². The van der Waals surface area contributed by atoms with Gasteiger partial charge in [-0.2, -0.15) is 0 Å². The van der Waals surface area contributed by atoms with E-state index in [1.165, 1.54) is 11.3 Å². The molecule has 108 valence electrons. The number of benzene rings is 1. The Balaban J connectivity index is 2.16. The summed E-state index contributed by atoms with van der Waals surface area (Å²) >= 11 is 7.59. The molecule has 5 heteroatoms. The van der Waals surface area contributed by atoms with Gasteiger partial charge in [-0.15, -0.1) is 11.3 Å². The van der Waals surface area contributed by atoms with E-state index in [1.807, 2.05) is 37.4 Å². The number of carbonyl (C=O) groups is 1. The lowest BCUT2D eigenvalue weighted by atomic mass is 10.1. The zero-order valence-corrected chi connectivity index (χ0v) is 13.3. The zero-order valence-electron chi connectivity index (χ0n) is 11.7. The standard InChI is InChI=1S/C16H14ClNO2S/c1-3-20-12-6-4-5-11-13(12)10(7-18-11)15(19)16-14(17)9(2)8-21-16/h4-8,18H,3H2,1-2H3. The summed E-state index contributed by atoms with van der Waals surface area (Å²) in [4.78, 5) is 16.5. The van der Waals surface area contributed by atoms with Gasteiger partial charge in [0.25, 0.3) is 0 Å². The van der Waals surface area contributed by atoms with Crippen LogP contribution in [0.5, 0.6) is 5.75 Å². The summed E-state index contributed by atoms with van der Waals surface area (Å²) < 4.78 is 5.64. The molecule has 1 N–H and O–H groups in total. The fourth-order valence-corrected chi connectivity index (χ4v) is 3.54. The molecule has 3 aromatic rings. The third-order valence-corrected chi connectivity index (χ3v) is 5.01. The van der Waals surface area contributed by atoms with Gasteiger partial charge in [0.1, 0.15) is 5.75 Å². The van der Waals surface area contributed by atoms with Crippen LogP contribution < -0.4 is 4.74 Å². The van der Waals surface area contributed by atoms with E-state index in [1.54, 1.807) is 6.20 Å². The van der Waals surface area contributed by atoms with Crippen molar-refractivity contribution in [3.8, 4) is 5.75 Å². The van der Waals surface area contributed by atoms with Gasteiger partial charge in [0, 0.05) is 11.7 Å². The van der Waals surface area contributed by atoms with Gasteiger partial charge in [-0.3, -0.25) is 4.79 Å². The van der Waals surface area contributed by atoms with E-state index < -0.39 is 0 Å². The third-order valence-electron chi connectivity index (χ3n) is 3.32. The van der Waals surface area contributed by atoms with E-state index in [0.29, 0.717) is 27.8 Å². The third kappa shape index (κ3) is 2.34. The highest BCUT2D eigenvalue weighted by molar-refractivity contribution is 7.13. The highest BCUT2D eigenvalue weighted by Gasteiger charge is 2.21. The molecule has 2 aromatic heterocycles. The predicted octanol–water partition coefficient (Wildman–Crippen LogP) is 4.82. The summed E-state index contributed by atoms with van der Waals surface area (Å²) in [5, 5.41) is 3.24. The fourth-order valence-electron chi connectivity index (χ4n) is 2.31. The van der Waals surface area contributed by atoms with Crippen LogP contribution in [0.2, 0.25) is 5.02 Å². The molecule has 0 spiro atoms. The van der Waals surface area contributed by atoms with Crippen LogP contribution in [0.25, 0.3) is 10.9 Å². The van der Waals surface area contributed by atoms with E-state index in [2.05, 4.69) is 4.98 Å². The molecule has 2 heterocycles. The normalized spacial score (nSPS) is 11.0. The van der Waals surface area contributed by atoms with Gasteiger partial charge in [0.2, 0.25) is 5.78 Å². The summed E-state index contributed by atoms with van der Waals surface area (Å²) in [6.45, 7) is 4.37. The SMILES string of the molecule is CCOc1cccc2[nH]cc(C(=O)c3scc(C)c3Cl)c12. The number of aryl methyl sites for hydroxylation is 1. The lowest BCUT2D eigenvalue weighted by Gasteiger charge is -2.06. The Kier molecular flexibility index (Phi) is 3.74. The molecule has 0 atom stereocenters. The van der Waals surface area contributed by atoms with Crippen LogP contribution in [0.3, 0.4) is 0 Å². The number of rotatable bonds is 4. The summed E-state index contributed by atoms with van der Waals surface area (Å²) in [5.74, 6) is 0.639. The van der Waals surface area contributed by atoms with Crippen molar-refractivity contribution in [3.63, 3.8) is 0 Å². The van der Waals surface area contributed by atoms with Crippen LogP contribution in [0, 0.1) is 6.92 Å². The van der Waals surface area contributed by atoms with Gasteiger partial charge in [0.15, 0.2) is 0 Å². The first kappa shape index (κ1) is 14.2. The number of H-pyrrole nitrogens is 1. The molecule has 3 rings (SSSR count). The molecular formula is C16H14ClNO2S. The lowest BCUT2D eigenvalue weighted by molar-refractivity contribution is 0.104. The summed E-state index contributed by atoms with van der Waals surface area (Å²) in [6, 6.07) is 5.70. The van der Waals surface area contributed by atoms with Crippen LogP contribution in [-0.4, -0.2) is 17.4 Å². The smallest absolute Gasteiger partial charge is 0.206 e. The molecular weight excluding hydrogens is 306 g/mol. The molecule has 3 nitrogen and oxygen atoms in total. The minimum Gasteiger partial charge on any atom is -0.493 e. The molecule has 1 aromatic carbocycles. The highest BCUT2D eigenvalue weighted by atomic mass is 35.5. The lowest BCUT2D eigenvalue weighted by Crippen LogP contribution is -2.00. The largest absolute Gasteiger partial charge is 0.493 e. The van der Waals surface area contributed by atoms with Crippen molar-refractivity contribution >= 4 is 39.6 Å². The first-order valence-electron chi connectivity index (χ1n) is 6.64. The van der Waals surface area contributed by atoms with E-state index in [4.69, 9.17) is 16.3 Å². The molecule has 0 saturated carbocycles. The Morgan fingerprint density at radius 1 is 1.43 bits per heavy atom. The second-order valence-corrected chi connectivity index (χ2v) is 5.96. The van der Waals surface area contributed by atoms with E-state index in [9.17, 15) is 4.79 Å². The molecule has 0 bridgehead atoms. The van der Waals surface area contributed by atoms with Crippen LogP contribution in [0.15, 0.2) is 29.8 Å². The monoisotopic (exact) mass is 319 g/mol. The molecule has 0 saturated heterocycles. The summed E-state index contributed by atoms with van der Waals surface area (Å²) in [5.41, 5.74) is 2.40. The average Bonchev–Trinajstić information content (AvgIpc) is 3.05. The number of aromatic amines is 1. The first-order valence-corrected chi connectivity index (χ1v) is 7.90. The molecule has 0 amide bonds. The number of halogens is 1. The van der Waals surface area contributed by atoms with Crippen molar-refractivity contribution < 1.29 is 9.53 Å². The number of ether oxygens (including phenoxy) is 1. The first-order chi connectivity index (χ1) is 10.1. The Bertz CT molecular complexity index is 819. The topological polar surface area (TPSA) is 42.1 Å². The number of fused-ring (bicyclic) bond motifs is 1. The number of aromatic nitrogens is 1. The molecule has 21 heavy (non-hydrogen) atoms. The van der Waals surface area contributed by atoms with Crippen molar-refractivity contribution in [2.45, 2.75) is 13.8 Å². The van der Waals surface area contributed by atoms with Crippen molar-refractivity contribution in [3.05, 3.63) is 50.8 Å². The van der Waals surface area contributed by atoms with E-state index >= 15 is 0 Å². The zero-order chi connectivity index (χ0) is 15.0. The van der Waals surface area contributed by atoms with Gasteiger partial charge >= 0.3 is 0 Å². The molecule has 0 fully saturated rings. The number of carbonyl (C=O) groups excluding carboxylic acids is 1. The average molecular weight is 320 g/mol. The van der Waals surface area contributed by atoms with Crippen molar-refractivity contribution in [2.75, 3.05) is 6.61 Å². The van der Waals surface area contributed by atoms with Crippen molar-refractivity contribution in [1.82, 2.24) is 4.98 Å². The van der Waals surface area contributed by atoms with Gasteiger partial charge in [0.05, 0.1) is 27.5 Å². The second-order valence-electron chi connectivity index (χ2n) is 4.71. The quantitative estimate of drug-likeness (QED) is 0.700. The molecule has 0 aliphatic rings. The second kappa shape index (κ2) is 5.54. The Hall–Kier alpha value is -1.78. The summed E-state index contributed by atoms with van der Waals surface area (Å²) in [6.07, 6.45) is 1.72. The summed E-state index contributed by atoms with van der Waals surface area (Å²) in [7, 11) is 0. The number of ketones is 1. The van der Waals surface area contributed by atoms with Gasteiger partial charge < -0.3 is 9.72 Å². The molecule has 0 aliphatic carbocycles. The van der Waals surface area contributed by atoms with Crippen molar-refractivity contribution in [1.29, 1.82) is 0 Å². The van der Waals surface area contributed by atoms with Crippen molar-refractivity contribution in [2.24, 2.45) is 0 Å². The Morgan fingerprint density at radius 2 is 2.24 bits per heavy atom. The minimum absolute atomic E-state index is 0.0727. The van der Waals surface area contributed by atoms with Gasteiger partial charge in [-0.05, 0) is 36.9 Å². The maximum atomic E-state index is 12.8. The maximum absolute atomic E-state index is 12.8. The highest BCUT2D eigenvalue weighted by Crippen LogP contribution is 2.34. The van der Waals surface area contributed by atoms with Gasteiger partial charge in [-0.25, -0.2) is 0 Å². The maximum Gasteiger partial charge on any atom is 0.206 e. The molecule has 0 unspecified atom stereocenters. The van der Waals surface area contributed by atoms with Crippen LogP contribution >= 0.6 is 22.9 Å². The number of thiophene rings is 1. The Morgan fingerprint density at radius 3 is 2.90 bits per heavy atom. The fraction of sp³-hybridized carbons (Fsp3) is 0.188. The molecule has 0 radical (unpaired) electrons. The van der Waals surface area contributed by atoms with Gasteiger partial charge in [-0.1, -0.05) is 17.7 Å². The predicted molar refractivity (Wildman–Crippen MR) is 87.0 cm³/mol. The number of hydrogen-bond acceptors (Lipinski definition) is 3. The minimum atomic E-state index is -0.0727. The number of nitrogens with one attached hydrogen (secondary N) is 1. The van der Waals surface area contributed by atoms with Crippen LogP contribution in [0.4, 0.5) is 0 Å². The number of hydrogen-bond donors (Lipinski definition) is 1. The van der Waals surface area contributed by atoms with E-state index in [0.717, 1.165) is 16.5 Å². The molecule has 0 aliphatic heterocycles. The Labute approximate surface area is 131 Å².